The number of carbonyl (C=O) groups excluding carboxylic acids is 1. The standard InChI is InChI=1S/C13H21N3OS/c1-15(2)12-6-5-10(9-11(12)14)13(17)16(3)7-8-18-4/h5-6,9H,7-8,14H2,1-4H3. The highest BCUT2D eigenvalue weighted by atomic mass is 32.2. The first-order valence-corrected chi connectivity index (χ1v) is 7.18. The molecule has 0 atom stereocenters. The number of carbonyl (C=O) groups is 1. The first kappa shape index (κ1) is 14.7. The van der Waals surface area contributed by atoms with Crippen LogP contribution in [0.4, 0.5) is 11.4 Å². The van der Waals surface area contributed by atoms with E-state index in [4.69, 9.17) is 5.73 Å². The molecule has 0 heterocycles. The van der Waals surface area contributed by atoms with Crippen LogP contribution in [0.1, 0.15) is 10.4 Å². The van der Waals surface area contributed by atoms with E-state index in [0.717, 1.165) is 18.0 Å². The Morgan fingerprint density at radius 1 is 1.33 bits per heavy atom. The molecule has 0 aliphatic rings. The van der Waals surface area contributed by atoms with Gasteiger partial charge in [-0.05, 0) is 24.5 Å². The van der Waals surface area contributed by atoms with Crippen molar-refractivity contribution in [2.45, 2.75) is 0 Å². The maximum absolute atomic E-state index is 12.1. The fourth-order valence-electron chi connectivity index (χ4n) is 1.64. The van der Waals surface area contributed by atoms with Crippen molar-refractivity contribution in [2.75, 3.05) is 50.3 Å². The molecular weight excluding hydrogens is 246 g/mol. The lowest BCUT2D eigenvalue weighted by molar-refractivity contribution is 0.0804. The summed E-state index contributed by atoms with van der Waals surface area (Å²) in [5.74, 6) is 0.953. The van der Waals surface area contributed by atoms with Crippen molar-refractivity contribution in [2.24, 2.45) is 0 Å². The number of hydrogen-bond donors (Lipinski definition) is 1. The Bertz CT molecular complexity index is 421. The first-order valence-electron chi connectivity index (χ1n) is 5.78. The molecule has 2 N–H and O–H groups in total. The van der Waals surface area contributed by atoms with Crippen molar-refractivity contribution in [3.8, 4) is 0 Å². The maximum atomic E-state index is 12.1. The van der Waals surface area contributed by atoms with E-state index in [0.29, 0.717) is 11.3 Å². The Labute approximate surface area is 113 Å². The lowest BCUT2D eigenvalue weighted by atomic mass is 10.1. The molecule has 0 radical (unpaired) electrons. The molecule has 0 unspecified atom stereocenters. The number of anilines is 2. The van der Waals surface area contributed by atoms with Crippen molar-refractivity contribution in [1.82, 2.24) is 4.90 Å². The smallest absolute Gasteiger partial charge is 0.253 e. The topological polar surface area (TPSA) is 49.6 Å². The SMILES string of the molecule is CSCCN(C)C(=O)c1ccc(N(C)C)c(N)c1. The van der Waals surface area contributed by atoms with Crippen LogP contribution in [0, 0.1) is 0 Å². The van der Waals surface area contributed by atoms with Gasteiger partial charge in [-0.15, -0.1) is 0 Å². The van der Waals surface area contributed by atoms with Crippen molar-refractivity contribution < 1.29 is 4.79 Å². The number of hydrogen-bond acceptors (Lipinski definition) is 4. The lowest BCUT2D eigenvalue weighted by Gasteiger charge is -2.19. The number of benzene rings is 1. The molecule has 1 amide bonds. The lowest BCUT2D eigenvalue weighted by Crippen LogP contribution is -2.29. The van der Waals surface area contributed by atoms with Gasteiger partial charge >= 0.3 is 0 Å². The molecular formula is C13H21N3OS. The third-order valence-corrected chi connectivity index (χ3v) is 3.32. The highest BCUT2D eigenvalue weighted by molar-refractivity contribution is 7.98. The van der Waals surface area contributed by atoms with E-state index in [1.807, 2.05) is 44.4 Å². The second-order valence-corrected chi connectivity index (χ2v) is 5.37. The van der Waals surface area contributed by atoms with Crippen LogP contribution in [0.15, 0.2) is 18.2 Å². The monoisotopic (exact) mass is 267 g/mol. The Balaban J connectivity index is 2.84. The molecule has 1 aromatic carbocycles. The fourth-order valence-corrected chi connectivity index (χ4v) is 2.10. The van der Waals surface area contributed by atoms with Crippen molar-refractivity contribution >= 4 is 29.0 Å². The van der Waals surface area contributed by atoms with Crippen LogP contribution in [0.25, 0.3) is 0 Å². The summed E-state index contributed by atoms with van der Waals surface area (Å²) in [7, 11) is 5.67. The van der Waals surface area contributed by atoms with Gasteiger partial charge in [0.25, 0.3) is 5.91 Å². The van der Waals surface area contributed by atoms with E-state index in [1.165, 1.54) is 0 Å². The quantitative estimate of drug-likeness (QED) is 0.826. The van der Waals surface area contributed by atoms with Crippen molar-refractivity contribution in [3.63, 3.8) is 0 Å². The Hall–Kier alpha value is -1.36. The molecule has 4 nitrogen and oxygen atoms in total. The largest absolute Gasteiger partial charge is 0.397 e. The molecule has 0 aromatic heterocycles. The van der Waals surface area contributed by atoms with Crippen molar-refractivity contribution in [1.29, 1.82) is 0 Å². The minimum absolute atomic E-state index is 0.0149. The molecule has 100 valence electrons. The summed E-state index contributed by atoms with van der Waals surface area (Å²) in [5.41, 5.74) is 8.14. The van der Waals surface area contributed by atoms with Crippen molar-refractivity contribution in [3.05, 3.63) is 23.8 Å². The molecule has 0 bridgehead atoms. The third-order valence-electron chi connectivity index (χ3n) is 2.73. The van der Waals surface area contributed by atoms with Gasteiger partial charge in [-0.25, -0.2) is 0 Å². The summed E-state index contributed by atoms with van der Waals surface area (Å²) < 4.78 is 0. The molecule has 18 heavy (non-hydrogen) atoms. The molecule has 0 saturated heterocycles. The van der Waals surface area contributed by atoms with E-state index >= 15 is 0 Å². The van der Waals surface area contributed by atoms with E-state index in [-0.39, 0.29) is 5.91 Å². The summed E-state index contributed by atoms with van der Waals surface area (Å²) >= 11 is 1.73. The first-order chi connectivity index (χ1) is 8.47. The number of nitrogens with two attached hydrogens (primary N) is 1. The summed E-state index contributed by atoms with van der Waals surface area (Å²) in [4.78, 5) is 15.8. The highest BCUT2D eigenvalue weighted by Crippen LogP contribution is 2.22. The minimum atomic E-state index is 0.0149. The molecule has 0 fully saturated rings. The summed E-state index contributed by atoms with van der Waals surface area (Å²) in [5, 5.41) is 0. The van der Waals surface area contributed by atoms with Crippen LogP contribution < -0.4 is 10.6 Å². The average molecular weight is 267 g/mol. The molecule has 0 aliphatic carbocycles. The van der Waals surface area contributed by atoms with Gasteiger partial charge in [0.05, 0.1) is 11.4 Å². The van der Waals surface area contributed by atoms with Crippen LogP contribution >= 0.6 is 11.8 Å². The van der Waals surface area contributed by atoms with Crippen LogP contribution in [0.5, 0.6) is 0 Å². The van der Waals surface area contributed by atoms with E-state index < -0.39 is 0 Å². The van der Waals surface area contributed by atoms with Gasteiger partial charge in [0, 0.05) is 39.0 Å². The predicted octanol–water partition coefficient (Wildman–Crippen LogP) is 1.77. The molecule has 5 heteroatoms. The predicted molar refractivity (Wildman–Crippen MR) is 80.5 cm³/mol. The second-order valence-electron chi connectivity index (χ2n) is 4.39. The Morgan fingerprint density at radius 2 is 2.00 bits per heavy atom. The number of nitrogen functional groups attached to an aromatic ring is 1. The summed E-state index contributed by atoms with van der Waals surface area (Å²) in [6, 6.07) is 5.45. The van der Waals surface area contributed by atoms with E-state index in [2.05, 4.69) is 0 Å². The molecule has 0 aliphatic heterocycles. The van der Waals surface area contributed by atoms with Crippen LogP contribution in [-0.4, -0.2) is 50.5 Å². The number of nitrogens with zero attached hydrogens (tertiary/aromatic N) is 2. The molecule has 0 saturated carbocycles. The zero-order valence-corrected chi connectivity index (χ0v) is 12.3. The number of amides is 1. The molecule has 0 spiro atoms. The summed E-state index contributed by atoms with van der Waals surface area (Å²) in [6.07, 6.45) is 2.03. The molecule has 1 aromatic rings. The van der Waals surface area contributed by atoms with Gasteiger partial charge in [0.1, 0.15) is 0 Å². The number of thioether (sulfide) groups is 1. The van der Waals surface area contributed by atoms with E-state index in [1.54, 1.807) is 22.7 Å². The second kappa shape index (κ2) is 6.54. The zero-order chi connectivity index (χ0) is 13.7. The minimum Gasteiger partial charge on any atom is -0.397 e. The number of rotatable bonds is 5. The molecule has 1 rings (SSSR count). The summed E-state index contributed by atoms with van der Waals surface area (Å²) in [6.45, 7) is 0.745. The van der Waals surface area contributed by atoms with E-state index in [9.17, 15) is 4.79 Å². The maximum Gasteiger partial charge on any atom is 0.253 e. The zero-order valence-electron chi connectivity index (χ0n) is 11.4. The third kappa shape index (κ3) is 3.57. The van der Waals surface area contributed by atoms with Crippen LogP contribution in [-0.2, 0) is 0 Å². The normalized spacial score (nSPS) is 10.2. The van der Waals surface area contributed by atoms with Gasteiger partial charge < -0.3 is 15.5 Å². The highest BCUT2D eigenvalue weighted by Gasteiger charge is 2.13. The fraction of sp³-hybridized carbons (Fsp3) is 0.462. The van der Waals surface area contributed by atoms with Gasteiger partial charge in [0.2, 0.25) is 0 Å². The Kier molecular flexibility index (Phi) is 5.34. The van der Waals surface area contributed by atoms with Gasteiger partial charge in [0.15, 0.2) is 0 Å². The average Bonchev–Trinajstić information content (AvgIpc) is 2.34. The van der Waals surface area contributed by atoms with Gasteiger partial charge in [-0.3, -0.25) is 4.79 Å². The van der Waals surface area contributed by atoms with Crippen LogP contribution in [0.2, 0.25) is 0 Å². The Morgan fingerprint density at radius 3 is 2.50 bits per heavy atom. The van der Waals surface area contributed by atoms with Gasteiger partial charge in [-0.2, -0.15) is 11.8 Å². The van der Waals surface area contributed by atoms with Crippen LogP contribution in [0.3, 0.4) is 0 Å². The van der Waals surface area contributed by atoms with Gasteiger partial charge in [-0.1, -0.05) is 0 Å².